The number of benzene rings is 1. The first kappa shape index (κ1) is 15.3. The number of amides is 1. The Hall–Kier alpha value is -1.62. The molecular formula is C17H22N2O2S. The molecule has 0 radical (unpaired) electrons. The average Bonchev–Trinajstić information content (AvgIpc) is 2.92. The lowest BCUT2D eigenvalue weighted by molar-refractivity contribution is -0.133. The fraction of sp³-hybridized carbons (Fsp3) is 0.529. The van der Waals surface area contributed by atoms with Gasteiger partial charge in [0.05, 0.1) is 10.2 Å². The zero-order valence-electron chi connectivity index (χ0n) is 13.2. The molecule has 1 saturated heterocycles. The number of rotatable bonds is 4. The van der Waals surface area contributed by atoms with Crippen molar-refractivity contribution in [3.63, 3.8) is 0 Å². The minimum Gasteiger partial charge on any atom is -0.467 e. The van der Waals surface area contributed by atoms with Crippen molar-refractivity contribution in [2.45, 2.75) is 45.6 Å². The molecule has 4 nitrogen and oxygen atoms in total. The number of hydrogen-bond acceptors (Lipinski definition) is 4. The minimum atomic E-state index is 0.173. The van der Waals surface area contributed by atoms with Crippen LogP contribution in [0.1, 0.15) is 38.2 Å². The summed E-state index contributed by atoms with van der Waals surface area (Å²) in [4.78, 5) is 18.5. The highest BCUT2D eigenvalue weighted by atomic mass is 32.1. The highest BCUT2D eigenvalue weighted by molar-refractivity contribution is 7.20. The van der Waals surface area contributed by atoms with Gasteiger partial charge in [-0.15, -0.1) is 0 Å². The summed E-state index contributed by atoms with van der Waals surface area (Å²) < 4.78 is 7.22. The summed E-state index contributed by atoms with van der Waals surface area (Å²) in [6.45, 7) is 5.72. The molecular weight excluding hydrogens is 296 g/mol. The van der Waals surface area contributed by atoms with Crippen LogP contribution in [0.4, 0.5) is 0 Å². The summed E-state index contributed by atoms with van der Waals surface area (Å²) in [7, 11) is 0. The van der Waals surface area contributed by atoms with Crippen LogP contribution in [0.25, 0.3) is 10.2 Å². The molecule has 0 spiro atoms. The number of para-hydroxylation sites is 1. The second-order valence-electron chi connectivity index (χ2n) is 5.85. The van der Waals surface area contributed by atoms with Crippen molar-refractivity contribution in [1.82, 2.24) is 9.88 Å². The molecule has 5 heteroatoms. The van der Waals surface area contributed by atoms with E-state index in [1.54, 1.807) is 11.3 Å². The Kier molecular flexibility index (Phi) is 4.62. The number of thiazole rings is 1. The van der Waals surface area contributed by atoms with E-state index in [1.165, 1.54) is 10.3 Å². The number of aromatic nitrogens is 1. The largest absolute Gasteiger partial charge is 0.467 e. The van der Waals surface area contributed by atoms with E-state index in [0.29, 0.717) is 6.42 Å². The van der Waals surface area contributed by atoms with Gasteiger partial charge in [-0.1, -0.05) is 30.4 Å². The Bertz CT molecular complexity index is 660. The van der Waals surface area contributed by atoms with E-state index < -0.39 is 0 Å². The number of carbonyl (C=O) groups is 1. The Morgan fingerprint density at radius 1 is 1.41 bits per heavy atom. The maximum absolute atomic E-state index is 11.9. The van der Waals surface area contributed by atoms with Crippen LogP contribution >= 0.6 is 11.3 Å². The van der Waals surface area contributed by atoms with E-state index in [-0.39, 0.29) is 12.0 Å². The van der Waals surface area contributed by atoms with Crippen molar-refractivity contribution >= 4 is 27.5 Å². The lowest BCUT2D eigenvalue weighted by atomic mass is 10.1. The first-order valence-corrected chi connectivity index (χ1v) is 8.79. The van der Waals surface area contributed by atoms with Crippen molar-refractivity contribution in [2.75, 3.05) is 13.1 Å². The van der Waals surface area contributed by atoms with Crippen molar-refractivity contribution in [1.29, 1.82) is 0 Å². The van der Waals surface area contributed by atoms with E-state index >= 15 is 0 Å². The molecule has 1 aliphatic heterocycles. The van der Waals surface area contributed by atoms with E-state index in [2.05, 4.69) is 30.1 Å². The summed E-state index contributed by atoms with van der Waals surface area (Å²) >= 11 is 1.61. The van der Waals surface area contributed by atoms with Crippen molar-refractivity contribution in [2.24, 2.45) is 0 Å². The number of carbonyl (C=O) groups excluding carboxylic acids is 1. The summed E-state index contributed by atoms with van der Waals surface area (Å²) in [6.07, 6.45) is 3.53. The molecule has 1 fully saturated rings. The Morgan fingerprint density at radius 3 is 2.86 bits per heavy atom. The van der Waals surface area contributed by atoms with Gasteiger partial charge in [0.1, 0.15) is 6.10 Å². The minimum absolute atomic E-state index is 0.173. The number of nitrogens with zero attached hydrogens (tertiary/aromatic N) is 2. The van der Waals surface area contributed by atoms with E-state index in [4.69, 9.17) is 4.74 Å². The fourth-order valence-electron chi connectivity index (χ4n) is 2.85. The highest BCUT2D eigenvalue weighted by Gasteiger charge is 2.24. The fourth-order valence-corrected chi connectivity index (χ4v) is 3.81. The smallest absolute Gasteiger partial charge is 0.274 e. The third-order valence-electron chi connectivity index (χ3n) is 4.13. The van der Waals surface area contributed by atoms with Gasteiger partial charge < -0.3 is 9.64 Å². The third-order valence-corrected chi connectivity index (χ3v) is 5.04. The predicted octanol–water partition coefficient (Wildman–Crippen LogP) is 3.77. The van der Waals surface area contributed by atoms with Crippen LogP contribution in [0.2, 0.25) is 0 Å². The topological polar surface area (TPSA) is 42.4 Å². The van der Waals surface area contributed by atoms with E-state index in [9.17, 15) is 4.79 Å². The summed E-state index contributed by atoms with van der Waals surface area (Å²) in [5.41, 5.74) is 2.22. The normalized spacial score (nSPS) is 16.2. The molecule has 0 aliphatic carbocycles. The zero-order valence-corrected chi connectivity index (χ0v) is 14.0. The van der Waals surface area contributed by atoms with Gasteiger partial charge in [0.15, 0.2) is 0 Å². The molecule has 0 saturated carbocycles. The molecule has 2 aromatic rings. The molecule has 1 amide bonds. The third kappa shape index (κ3) is 3.24. The number of piperidine rings is 1. The Labute approximate surface area is 135 Å². The molecule has 0 atom stereocenters. The maximum Gasteiger partial charge on any atom is 0.274 e. The van der Waals surface area contributed by atoms with Gasteiger partial charge in [-0.25, -0.2) is 4.98 Å². The number of fused-ring (bicyclic) bond motifs is 1. The van der Waals surface area contributed by atoms with Gasteiger partial charge >= 0.3 is 0 Å². The second-order valence-corrected chi connectivity index (χ2v) is 6.84. The summed E-state index contributed by atoms with van der Waals surface area (Å²) in [5, 5.41) is 0.752. The molecule has 3 rings (SSSR count). The second kappa shape index (κ2) is 6.65. The lowest BCUT2D eigenvalue weighted by Gasteiger charge is -2.31. The van der Waals surface area contributed by atoms with Crippen LogP contribution in [-0.4, -0.2) is 35.0 Å². The van der Waals surface area contributed by atoms with Crippen molar-refractivity contribution in [3.8, 4) is 5.19 Å². The van der Waals surface area contributed by atoms with Crippen LogP contribution < -0.4 is 4.74 Å². The monoisotopic (exact) mass is 318 g/mol. The Morgan fingerprint density at radius 2 is 2.18 bits per heavy atom. The van der Waals surface area contributed by atoms with Gasteiger partial charge in [0, 0.05) is 32.4 Å². The number of aryl methyl sites for hydroxylation is 1. The molecule has 0 N–H and O–H groups in total. The number of likely N-dealkylation sites (tertiary alicyclic amines) is 1. The van der Waals surface area contributed by atoms with Crippen LogP contribution in [0.5, 0.6) is 5.19 Å². The van der Waals surface area contributed by atoms with E-state index in [0.717, 1.165) is 43.1 Å². The molecule has 2 heterocycles. The predicted molar refractivity (Wildman–Crippen MR) is 89.5 cm³/mol. The van der Waals surface area contributed by atoms with Crippen LogP contribution in [-0.2, 0) is 4.79 Å². The Balaban J connectivity index is 1.60. The first-order valence-electron chi connectivity index (χ1n) is 7.98. The quantitative estimate of drug-likeness (QED) is 0.861. The lowest BCUT2D eigenvalue weighted by Crippen LogP contribution is -2.41. The number of ether oxygens (including phenoxy) is 1. The average molecular weight is 318 g/mol. The summed E-state index contributed by atoms with van der Waals surface area (Å²) in [5.74, 6) is 0.275. The standard InChI is InChI=1S/C17H22N2O2S/c1-3-5-15(20)19-10-8-13(9-11-19)21-17-18-16-12(2)6-4-7-14(16)22-17/h4,6-7,13H,3,5,8-11H2,1-2H3. The van der Waals surface area contributed by atoms with Crippen LogP contribution in [0.3, 0.4) is 0 Å². The molecule has 1 aliphatic rings. The molecule has 0 bridgehead atoms. The molecule has 1 aromatic heterocycles. The van der Waals surface area contributed by atoms with Crippen molar-refractivity contribution in [3.05, 3.63) is 23.8 Å². The number of hydrogen-bond donors (Lipinski definition) is 0. The first-order chi connectivity index (χ1) is 10.7. The van der Waals surface area contributed by atoms with Gasteiger partial charge in [-0.3, -0.25) is 4.79 Å². The van der Waals surface area contributed by atoms with Gasteiger partial charge in [-0.05, 0) is 25.0 Å². The molecule has 1 aromatic carbocycles. The molecule has 0 unspecified atom stereocenters. The highest BCUT2D eigenvalue weighted by Crippen LogP contribution is 2.31. The van der Waals surface area contributed by atoms with Gasteiger partial charge in [0.2, 0.25) is 5.91 Å². The van der Waals surface area contributed by atoms with Crippen LogP contribution in [0, 0.1) is 6.92 Å². The molecule has 22 heavy (non-hydrogen) atoms. The van der Waals surface area contributed by atoms with Crippen LogP contribution in [0.15, 0.2) is 18.2 Å². The maximum atomic E-state index is 11.9. The van der Waals surface area contributed by atoms with E-state index in [1.807, 2.05) is 11.8 Å². The SMILES string of the molecule is CCCC(=O)N1CCC(Oc2nc3c(C)cccc3s2)CC1. The van der Waals surface area contributed by atoms with Crippen molar-refractivity contribution < 1.29 is 9.53 Å². The summed E-state index contributed by atoms with van der Waals surface area (Å²) in [6, 6.07) is 6.21. The molecule has 118 valence electrons. The van der Waals surface area contributed by atoms with Gasteiger partial charge in [0.25, 0.3) is 5.19 Å². The van der Waals surface area contributed by atoms with Gasteiger partial charge in [-0.2, -0.15) is 0 Å². The zero-order chi connectivity index (χ0) is 15.5.